The smallest absolute Gasteiger partial charge is 0.363 e. The molecule has 0 saturated heterocycles. The van der Waals surface area contributed by atoms with Crippen LogP contribution in [-0.2, 0) is 16.1 Å². The molecule has 1 heterocycles. The number of hydrogen-bond donors (Lipinski definition) is 0. The molecule has 1 aliphatic heterocycles. The molecule has 4 rings (SSSR count). The van der Waals surface area contributed by atoms with Gasteiger partial charge in [0, 0.05) is 20.1 Å². The summed E-state index contributed by atoms with van der Waals surface area (Å²) >= 11 is 6.90. The fourth-order valence-corrected chi connectivity index (χ4v) is 3.61. The van der Waals surface area contributed by atoms with E-state index in [1.54, 1.807) is 19.3 Å². The summed E-state index contributed by atoms with van der Waals surface area (Å²) in [5.41, 5.74) is 2.73. The number of rotatable bonds is 6. The van der Waals surface area contributed by atoms with Gasteiger partial charge >= 0.3 is 5.97 Å². The van der Waals surface area contributed by atoms with Crippen LogP contribution in [0.15, 0.2) is 86.4 Å². The van der Waals surface area contributed by atoms with E-state index in [-0.39, 0.29) is 11.6 Å². The number of carbonyl (C=O) groups is 1. The third-order valence-corrected chi connectivity index (χ3v) is 5.85. The molecule has 0 spiro atoms. The normalized spacial score (nSPS) is 14.4. The monoisotopic (exact) mass is 541 g/mol. The number of methoxy groups -OCH3 is 1. The molecule has 0 saturated carbocycles. The van der Waals surface area contributed by atoms with Crippen molar-refractivity contribution >= 4 is 49.8 Å². The number of nitrogens with zero attached hydrogens (tertiary/aromatic N) is 1. The Morgan fingerprint density at radius 2 is 1.77 bits per heavy atom. The molecule has 1 aliphatic rings. The minimum absolute atomic E-state index is 0.224. The molecular formula is C24H17Br2NO4. The molecule has 0 aromatic heterocycles. The highest BCUT2D eigenvalue weighted by molar-refractivity contribution is 9.10. The fraction of sp³-hybridized carbons (Fsp3) is 0.0833. The first-order valence-corrected chi connectivity index (χ1v) is 10.9. The first-order valence-electron chi connectivity index (χ1n) is 9.36. The molecule has 0 radical (unpaired) electrons. The van der Waals surface area contributed by atoms with Gasteiger partial charge in [-0.2, -0.15) is 0 Å². The summed E-state index contributed by atoms with van der Waals surface area (Å²) in [6.07, 6.45) is 1.66. The van der Waals surface area contributed by atoms with Gasteiger partial charge in [0.05, 0.1) is 7.11 Å². The van der Waals surface area contributed by atoms with Crippen LogP contribution in [0.25, 0.3) is 6.08 Å². The first-order chi connectivity index (χ1) is 15.0. The van der Waals surface area contributed by atoms with Gasteiger partial charge in [0.25, 0.3) is 0 Å². The van der Waals surface area contributed by atoms with E-state index in [9.17, 15) is 4.79 Å². The Balaban J connectivity index is 1.54. The van der Waals surface area contributed by atoms with Crippen LogP contribution in [0.3, 0.4) is 0 Å². The highest BCUT2D eigenvalue weighted by Crippen LogP contribution is 2.31. The fourth-order valence-electron chi connectivity index (χ4n) is 2.95. The van der Waals surface area contributed by atoms with Crippen molar-refractivity contribution in [3.05, 3.63) is 98.1 Å². The molecule has 0 bridgehead atoms. The average Bonchev–Trinajstić information content (AvgIpc) is 3.14. The van der Waals surface area contributed by atoms with Crippen LogP contribution in [-0.4, -0.2) is 19.0 Å². The Hall–Kier alpha value is -2.90. The van der Waals surface area contributed by atoms with Crippen molar-refractivity contribution in [3.63, 3.8) is 0 Å². The van der Waals surface area contributed by atoms with Gasteiger partial charge in [-0.3, -0.25) is 0 Å². The summed E-state index contributed by atoms with van der Waals surface area (Å²) in [6, 6.07) is 20.7. The molecule has 156 valence electrons. The lowest BCUT2D eigenvalue weighted by Crippen LogP contribution is -2.05. The zero-order chi connectivity index (χ0) is 21.8. The summed E-state index contributed by atoms with van der Waals surface area (Å²) in [5, 5.41) is 0. The zero-order valence-corrected chi connectivity index (χ0v) is 19.6. The predicted octanol–water partition coefficient (Wildman–Crippen LogP) is 6.14. The summed E-state index contributed by atoms with van der Waals surface area (Å²) in [6.45, 7) is 0.394. The van der Waals surface area contributed by atoms with Crippen LogP contribution < -0.4 is 9.47 Å². The number of aliphatic imine (C=N–C) groups is 1. The molecule has 3 aromatic rings. The van der Waals surface area contributed by atoms with E-state index < -0.39 is 5.97 Å². The maximum absolute atomic E-state index is 12.3. The Morgan fingerprint density at radius 3 is 2.52 bits per heavy atom. The summed E-state index contributed by atoms with van der Waals surface area (Å²) in [5.74, 6) is 0.952. The molecule has 0 atom stereocenters. The third kappa shape index (κ3) is 5.06. The van der Waals surface area contributed by atoms with Crippen LogP contribution in [0.2, 0.25) is 0 Å². The van der Waals surface area contributed by atoms with Crippen molar-refractivity contribution in [2.45, 2.75) is 6.61 Å². The molecule has 5 nitrogen and oxygen atoms in total. The van der Waals surface area contributed by atoms with E-state index >= 15 is 0 Å². The molecule has 0 unspecified atom stereocenters. The third-order valence-electron chi connectivity index (χ3n) is 4.54. The van der Waals surface area contributed by atoms with Crippen molar-refractivity contribution < 1.29 is 19.0 Å². The van der Waals surface area contributed by atoms with Crippen molar-refractivity contribution in [2.75, 3.05) is 7.11 Å². The largest absolute Gasteiger partial charge is 0.493 e. The van der Waals surface area contributed by atoms with Crippen LogP contribution in [0.4, 0.5) is 0 Å². The van der Waals surface area contributed by atoms with E-state index in [4.69, 9.17) is 14.2 Å². The second-order valence-corrected chi connectivity index (χ2v) is 8.40. The predicted molar refractivity (Wildman–Crippen MR) is 126 cm³/mol. The topological polar surface area (TPSA) is 57.1 Å². The van der Waals surface area contributed by atoms with Crippen LogP contribution in [0, 0.1) is 0 Å². The van der Waals surface area contributed by atoms with Crippen LogP contribution >= 0.6 is 31.9 Å². The molecule has 3 aromatic carbocycles. The van der Waals surface area contributed by atoms with Gasteiger partial charge in [-0.25, -0.2) is 9.79 Å². The standard InChI is InChI=1S/C24H17Br2NO4/c1-29-22-13-15(6-11-21(22)30-14-17-4-2-3-5-19(17)26)12-20-24(28)31-23(27-20)16-7-9-18(25)10-8-16/h2-13H,14H2,1H3/b20-12-. The summed E-state index contributed by atoms with van der Waals surface area (Å²) in [7, 11) is 1.57. The maximum atomic E-state index is 12.3. The van der Waals surface area contributed by atoms with E-state index in [1.807, 2.05) is 60.7 Å². The lowest BCUT2D eigenvalue weighted by Gasteiger charge is -2.12. The number of esters is 1. The average molecular weight is 543 g/mol. The summed E-state index contributed by atoms with van der Waals surface area (Å²) < 4.78 is 18.6. The van der Waals surface area contributed by atoms with Gasteiger partial charge in [-0.1, -0.05) is 56.1 Å². The number of benzene rings is 3. The number of halogens is 2. The molecule has 0 fully saturated rings. The Bertz CT molecular complexity index is 1190. The highest BCUT2D eigenvalue weighted by atomic mass is 79.9. The molecule has 0 aliphatic carbocycles. The molecule has 0 N–H and O–H groups in total. The Kier molecular flexibility index (Phi) is 6.53. The van der Waals surface area contributed by atoms with E-state index in [2.05, 4.69) is 36.9 Å². The number of hydrogen-bond acceptors (Lipinski definition) is 5. The van der Waals surface area contributed by atoms with Crippen molar-refractivity contribution in [1.29, 1.82) is 0 Å². The van der Waals surface area contributed by atoms with Gasteiger partial charge in [-0.15, -0.1) is 0 Å². The van der Waals surface area contributed by atoms with Gasteiger partial charge < -0.3 is 14.2 Å². The number of ether oxygens (including phenoxy) is 3. The van der Waals surface area contributed by atoms with Gasteiger partial charge in [0.2, 0.25) is 5.90 Å². The van der Waals surface area contributed by atoms with Crippen molar-refractivity contribution in [2.24, 2.45) is 4.99 Å². The Labute approximate surface area is 196 Å². The quantitative estimate of drug-likeness (QED) is 0.277. The second kappa shape index (κ2) is 9.49. The Morgan fingerprint density at radius 1 is 1.00 bits per heavy atom. The van der Waals surface area contributed by atoms with Gasteiger partial charge in [0.1, 0.15) is 6.61 Å². The number of cyclic esters (lactones) is 1. The molecule has 0 amide bonds. The van der Waals surface area contributed by atoms with Crippen molar-refractivity contribution in [1.82, 2.24) is 0 Å². The lowest BCUT2D eigenvalue weighted by molar-refractivity contribution is -0.129. The van der Waals surface area contributed by atoms with Crippen molar-refractivity contribution in [3.8, 4) is 11.5 Å². The maximum Gasteiger partial charge on any atom is 0.363 e. The first kappa shape index (κ1) is 21.3. The van der Waals surface area contributed by atoms with E-state index in [1.165, 1.54) is 0 Å². The van der Waals surface area contributed by atoms with E-state index in [0.29, 0.717) is 18.1 Å². The zero-order valence-electron chi connectivity index (χ0n) is 16.5. The van der Waals surface area contributed by atoms with Crippen LogP contribution in [0.1, 0.15) is 16.7 Å². The minimum Gasteiger partial charge on any atom is -0.493 e. The SMILES string of the molecule is COc1cc(/C=C2\N=C(c3ccc(Br)cc3)OC2=O)ccc1OCc1ccccc1Br. The molecule has 7 heteroatoms. The summed E-state index contributed by atoms with van der Waals surface area (Å²) in [4.78, 5) is 16.6. The number of carbonyl (C=O) groups excluding carboxylic acids is 1. The molecule has 31 heavy (non-hydrogen) atoms. The lowest BCUT2D eigenvalue weighted by atomic mass is 10.1. The van der Waals surface area contributed by atoms with Gasteiger partial charge in [0.15, 0.2) is 17.2 Å². The van der Waals surface area contributed by atoms with Gasteiger partial charge in [-0.05, 0) is 54.1 Å². The van der Waals surface area contributed by atoms with Crippen LogP contribution in [0.5, 0.6) is 11.5 Å². The van der Waals surface area contributed by atoms with E-state index in [0.717, 1.165) is 25.6 Å². The highest BCUT2D eigenvalue weighted by Gasteiger charge is 2.24. The second-order valence-electron chi connectivity index (χ2n) is 6.63. The minimum atomic E-state index is -0.494. The molecular weight excluding hydrogens is 526 g/mol.